The third-order valence-corrected chi connectivity index (χ3v) is 6.77. The van der Waals surface area contributed by atoms with E-state index >= 15 is 0 Å². The van der Waals surface area contributed by atoms with E-state index in [2.05, 4.69) is 28.7 Å². The molecule has 0 aliphatic carbocycles. The highest BCUT2D eigenvalue weighted by Crippen LogP contribution is 2.35. The van der Waals surface area contributed by atoms with E-state index < -0.39 is 11.7 Å². The molecule has 3 heterocycles. The molecule has 2 fully saturated rings. The third kappa shape index (κ3) is 6.50. The molecule has 1 N–H and O–H groups in total. The molecule has 1 unspecified atom stereocenters. The van der Waals surface area contributed by atoms with Crippen LogP contribution in [0.1, 0.15) is 30.5 Å². The van der Waals surface area contributed by atoms with Crippen molar-refractivity contribution < 1.29 is 17.6 Å². The van der Waals surface area contributed by atoms with Gasteiger partial charge in [0.25, 0.3) is 0 Å². The van der Waals surface area contributed by atoms with Gasteiger partial charge in [-0.15, -0.1) is 0 Å². The van der Waals surface area contributed by atoms with Crippen molar-refractivity contribution in [3.63, 3.8) is 0 Å². The molecule has 1 aromatic carbocycles. The Morgan fingerprint density at radius 3 is 2.47 bits per heavy atom. The van der Waals surface area contributed by atoms with Crippen molar-refractivity contribution in [3.05, 3.63) is 65.6 Å². The number of halogens is 4. The second-order valence-electron chi connectivity index (χ2n) is 9.63. The van der Waals surface area contributed by atoms with Gasteiger partial charge in [-0.05, 0) is 56.7 Å². The first-order chi connectivity index (χ1) is 18.0. The molecule has 11 heteroatoms. The molecule has 1 aromatic heterocycles. The first kappa shape index (κ1) is 27.6. The van der Waals surface area contributed by atoms with E-state index in [1.165, 1.54) is 18.3 Å². The Bertz CT molecular complexity index is 1220. The van der Waals surface area contributed by atoms with Gasteiger partial charge in [-0.25, -0.2) is 19.4 Å². The van der Waals surface area contributed by atoms with Crippen LogP contribution in [-0.4, -0.2) is 78.4 Å². The SMILES string of the molecule is C=C(N=C(/N=C(\C)N1CCN(c2ncccc2C(F)(F)F)CC1)N1CCNC(C)C1)c1ccc(F)c(C)c1. The summed E-state index contributed by atoms with van der Waals surface area (Å²) in [5.41, 5.74) is 0.971. The molecule has 1 atom stereocenters. The largest absolute Gasteiger partial charge is 0.419 e. The van der Waals surface area contributed by atoms with Crippen LogP contribution in [0.15, 0.2) is 53.1 Å². The highest BCUT2D eigenvalue weighted by Gasteiger charge is 2.36. The molecular formula is C27H33F4N7. The van der Waals surface area contributed by atoms with Crippen LogP contribution in [0.25, 0.3) is 5.70 Å². The van der Waals surface area contributed by atoms with Crippen LogP contribution in [0.2, 0.25) is 0 Å². The molecule has 4 rings (SSSR count). The molecule has 0 radical (unpaired) electrons. The molecule has 2 aliphatic rings. The lowest BCUT2D eigenvalue weighted by molar-refractivity contribution is -0.137. The number of guanidine groups is 1. The van der Waals surface area contributed by atoms with Crippen LogP contribution in [0.3, 0.4) is 0 Å². The standard InChI is InChI=1S/C27H33F4N7/c1-18-16-22(7-8-24(18)28)20(3)34-26(38-11-10-32-19(2)17-38)35-21(4)36-12-14-37(15-13-36)25-23(27(29,30)31)6-5-9-33-25/h5-9,16,19,32H,3,10-15,17H2,1-2,4H3/b34-26?,35-21+. The number of aryl methyl sites for hydroxylation is 1. The summed E-state index contributed by atoms with van der Waals surface area (Å²) in [7, 11) is 0. The summed E-state index contributed by atoms with van der Waals surface area (Å²) in [5.74, 6) is 0.893. The summed E-state index contributed by atoms with van der Waals surface area (Å²) in [6.07, 6.45) is -3.08. The molecule has 0 saturated carbocycles. The van der Waals surface area contributed by atoms with Gasteiger partial charge in [-0.3, -0.25) is 0 Å². The Labute approximate surface area is 220 Å². The van der Waals surface area contributed by atoms with Gasteiger partial charge >= 0.3 is 6.18 Å². The lowest BCUT2D eigenvalue weighted by atomic mass is 10.1. The number of pyridine rings is 1. The first-order valence-corrected chi connectivity index (χ1v) is 12.6. The Morgan fingerprint density at radius 1 is 1.08 bits per heavy atom. The molecule has 2 aromatic rings. The van der Waals surface area contributed by atoms with Gasteiger partial charge < -0.3 is 20.0 Å². The molecule has 0 bridgehead atoms. The molecule has 2 saturated heterocycles. The summed E-state index contributed by atoms with van der Waals surface area (Å²) < 4.78 is 54.2. The zero-order chi connectivity index (χ0) is 27.4. The summed E-state index contributed by atoms with van der Waals surface area (Å²) in [4.78, 5) is 19.4. The van der Waals surface area contributed by atoms with Gasteiger partial charge in [0.15, 0.2) is 0 Å². The maximum Gasteiger partial charge on any atom is 0.419 e. The van der Waals surface area contributed by atoms with Crippen molar-refractivity contribution in [2.45, 2.75) is 33.0 Å². The molecule has 38 heavy (non-hydrogen) atoms. The fourth-order valence-corrected chi connectivity index (χ4v) is 4.62. The number of hydrogen-bond donors (Lipinski definition) is 1. The number of aromatic nitrogens is 1. The Hall–Kier alpha value is -3.47. The third-order valence-electron chi connectivity index (χ3n) is 6.77. The van der Waals surface area contributed by atoms with Crippen LogP contribution in [0, 0.1) is 12.7 Å². The van der Waals surface area contributed by atoms with Gasteiger partial charge in [0.2, 0.25) is 5.96 Å². The van der Waals surface area contributed by atoms with Gasteiger partial charge in [0, 0.05) is 63.6 Å². The zero-order valence-electron chi connectivity index (χ0n) is 21.9. The average molecular weight is 532 g/mol. The minimum absolute atomic E-state index is 0.0443. The second kappa shape index (κ2) is 11.5. The Morgan fingerprint density at radius 2 is 1.82 bits per heavy atom. The van der Waals surface area contributed by atoms with Gasteiger partial charge in [0.1, 0.15) is 17.5 Å². The number of benzene rings is 1. The van der Waals surface area contributed by atoms with E-state index in [9.17, 15) is 17.6 Å². The van der Waals surface area contributed by atoms with Gasteiger partial charge in [-0.1, -0.05) is 6.58 Å². The monoisotopic (exact) mass is 531 g/mol. The molecule has 2 aliphatic heterocycles. The van der Waals surface area contributed by atoms with Crippen LogP contribution in [-0.2, 0) is 6.18 Å². The molecule has 0 spiro atoms. The second-order valence-corrected chi connectivity index (χ2v) is 9.63. The molecule has 7 nitrogen and oxygen atoms in total. The van der Waals surface area contributed by atoms with Crippen LogP contribution in [0.5, 0.6) is 0 Å². The van der Waals surface area contributed by atoms with Crippen molar-refractivity contribution in [1.82, 2.24) is 20.1 Å². The number of rotatable bonds is 3. The highest BCUT2D eigenvalue weighted by molar-refractivity contribution is 5.97. The van der Waals surface area contributed by atoms with Crippen LogP contribution in [0.4, 0.5) is 23.4 Å². The maximum atomic E-state index is 13.8. The number of alkyl halides is 3. The van der Waals surface area contributed by atoms with E-state index in [0.29, 0.717) is 62.1 Å². The summed E-state index contributed by atoms with van der Waals surface area (Å²) in [5, 5.41) is 3.41. The number of nitrogens with zero attached hydrogens (tertiary/aromatic N) is 6. The number of nitrogens with one attached hydrogen (secondary N) is 1. The fourth-order valence-electron chi connectivity index (χ4n) is 4.62. The van der Waals surface area contributed by atoms with Crippen molar-refractivity contribution in [2.75, 3.05) is 50.7 Å². The number of piperazine rings is 2. The maximum absolute atomic E-state index is 13.8. The smallest absolute Gasteiger partial charge is 0.357 e. The quantitative estimate of drug-likeness (QED) is 0.361. The molecule has 204 valence electrons. The number of amidine groups is 1. The predicted octanol–water partition coefficient (Wildman–Crippen LogP) is 4.41. The first-order valence-electron chi connectivity index (χ1n) is 12.6. The van der Waals surface area contributed by atoms with Crippen molar-refractivity contribution in [2.24, 2.45) is 9.98 Å². The number of anilines is 1. The van der Waals surface area contributed by atoms with E-state index in [1.807, 2.05) is 11.8 Å². The van der Waals surface area contributed by atoms with Crippen molar-refractivity contribution >= 4 is 23.3 Å². The van der Waals surface area contributed by atoms with E-state index in [-0.39, 0.29) is 17.7 Å². The van der Waals surface area contributed by atoms with E-state index in [0.717, 1.165) is 18.4 Å². The topological polar surface area (TPSA) is 59.4 Å². The molecular weight excluding hydrogens is 498 g/mol. The Kier molecular flexibility index (Phi) is 8.35. The summed E-state index contributed by atoms with van der Waals surface area (Å²) in [6.45, 7) is 13.7. The minimum Gasteiger partial charge on any atom is -0.357 e. The number of hydrogen-bond acceptors (Lipinski definition) is 4. The van der Waals surface area contributed by atoms with Crippen LogP contribution >= 0.6 is 0 Å². The zero-order valence-corrected chi connectivity index (χ0v) is 21.9. The van der Waals surface area contributed by atoms with Gasteiger partial charge in [-0.2, -0.15) is 13.2 Å². The lowest BCUT2D eigenvalue weighted by Gasteiger charge is -2.38. The summed E-state index contributed by atoms with van der Waals surface area (Å²) >= 11 is 0. The lowest BCUT2D eigenvalue weighted by Crippen LogP contribution is -2.52. The Balaban J connectivity index is 1.54. The highest BCUT2D eigenvalue weighted by atomic mass is 19.4. The van der Waals surface area contributed by atoms with Gasteiger partial charge in [0.05, 0.1) is 11.3 Å². The van der Waals surface area contributed by atoms with E-state index in [4.69, 9.17) is 9.98 Å². The van der Waals surface area contributed by atoms with Crippen molar-refractivity contribution in [3.8, 4) is 0 Å². The molecule has 0 amide bonds. The minimum atomic E-state index is -4.46. The summed E-state index contributed by atoms with van der Waals surface area (Å²) in [6, 6.07) is 7.37. The number of aliphatic imine (C=N–C) groups is 2. The fraction of sp³-hybridized carbons (Fsp3) is 0.444. The van der Waals surface area contributed by atoms with Crippen molar-refractivity contribution in [1.29, 1.82) is 0 Å². The average Bonchev–Trinajstić information content (AvgIpc) is 2.89. The predicted molar refractivity (Wildman–Crippen MR) is 143 cm³/mol. The van der Waals surface area contributed by atoms with Crippen LogP contribution < -0.4 is 10.2 Å². The normalized spacial score (nSPS) is 19.7. The van der Waals surface area contributed by atoms with E-state index in [1.54, 1.807) is 24.0 Å².